The number of benzene rings is 1. The first-order valence-electron chi connectivity index (χ1n) is 5.82. The first-order valence-corrected chi connectivity index (χ1v) is 5.82. The van der Waals surface area contributed by atoms with Crippen molar-refractivity contribution in [3.8, 4) is 0 Å². The highest BCUT2D eigenvalue weighted by molar-refractivity contribution is 5.78. The lowest BCUT2D eigenvalue weighted by Gasteiger charge is -2.09. The molecule has 17 heavy (non-hydrogen) atoms. The van der Waals surface area contributed by atoms with Crippen LogP contribution in [0.3, 0.4) is 0 Å². The highest BCUT2D eigenvalue weighted by Crippen LogP contribution is 2.03. The van der Waals surface area contributed by atoms with Gasteiger partial charge in [0.1, 0.15) is 5.82 Å². The van der Waals surface area contributed by atoms with Crippen LogP contribution in [0.4, 0.5) is 4.39 Å². The first-order chi connectivity index (χ1) is 8.08. The van der Waals surface area contributed by atoms with Crippen molar-refractivity contribution < 1.29 is 9.18 Å². The summed E-state index contributed by atoms with van der Waals surface area (Å²) >= 11 is 0. The molecule has 0 aliphatic heterocycles. The van der Waals surface area contributed by atoms with Crippen molar-refractivity contribution in [2.75, 3.05) is 13.1 Å². The van der Waals surface area contributed by atoms with Crippen molar-refractivity contribution in [2.45, 2.75) is 26.3 Å². The summed E-state index contributed by atoms with van der Waals surface area (Å²) < 4.78 is 12.6. The molecule has 4 heteroatoms. The van der Waals surface area contributed by atoms with Crippen LogP contribution in [0.25, 0.3) is 0 Å². The van der Waals surface area contributed by atoms with E-state index < -0.39 is 0 Å². The topological polar surface area (TPSA) is 41.1 Å². The number of carbonyl (C=O) groups is 1. The molecular formula is C13H19FN2O. The van der Waals surface area contributed by atoms with Gasteiger partial charge in [-0.3, -0.25) is 4.79 Å². The summed E-state index contributed by atoms with van der Waals surface area (Å²) in [7, 11) is 0. The van der Waals surface area contributed by atoms with E-state index >= 15 is 0 Å². The van der Waals surface area contributed by atoms with Crippen molar-refractivity contribution in [2.24, 2.45) is 0 Å². The molecule has 0 unspecified atom stereocenters. The molecule has 0 heterocycles. The van der Waals surface area contributed by atoms with Crippen molar-refractivity contribution in [3.63, 3.8) is 0 Å². The van der Waals surface area contributed by atoms with Crippen LogP contribution in [0.15, 0.2) is 24.3 Å². The molecule has 1 rings (SSSR count). The van der Waals surface area contributed by atoms with E-state index in [2.05, 4.69) is 24.5 Å². The molecule has 1 aromatic carbocycles. The Hall–Kier alpha value is -1.42. The Morgan fingerprint density at radius 1 is 1.24 bits per heavy atom. The predicted octanol–water partition coefficient (Wildman–Crippen LogP) is 1.48. The second-order valence-corrected chi connectivity index (χ2v) is 4.26. The third-order valence-electron chi connectivity index (χ3n) is 2.28. The van der Waals surface area contributed by atoms with Gasteiger partial charge in [-0.1, -0.05) is 26.0 Å². The minimum absolute atomic E-state index is 0.0397. The van der Waals surface area contributed by atoms with E-state index in [0.29, 0.717) is 19.0 Å². The molecule has 2 N–H and O–H groups in total. The number of rotatable bonds is 6. The number of carbonyl (C=O) groups excluding carboxylic acids is 1. The number of halogens is 1. The van der Waals surface area contributed by atoms with Crippen LogP contribution in [0.1, 0.15) is 19.4 Å². The molecule has 1 aromatic rings. The number of hydrogen-bond donors (Lipinski definition) is 2. The summed E-state index contributed by atoms with van der Waals surface area (Å²) in [5.74, 6) is -0.322. The standard InChI is InChI=1S/C13H19FN2O/c1-10(2)15-7-8-16-13(17)9-11-3-5-12(14)6-4-11/h3-6,10,15H,7-9H2,1-2H3,(H,16,17). The van der Waals surface area contributed by atoms with Gasteiger partial charge in [-0.25, -0.2) is 4.39 Å². The van der Waals surface area contributed by atoms with Crippen LogP contribution in [-0.2, 0) is 11.2 Å². The van der Waals surface area contributed by atoms with Gasteiger partial charge >= 0.3 is 0 Å². The van der Waals surface area contributed by atoms with E-state index in [-0.39, 0.29) is 11.7 Å². The molecule has 0 bridgehead atoms. The van der Waals surface area contributed by atoms with Gasteiger partial charge in [-0.2, -0.15) is 0 Å². The highest BCUT2D eigenvalue weighted by Gasteiger charge is 2.02. The van der Waals surface area contributed by atoms with Crippen LogP contribution in [0.2, 0.25) is 0 Å². The Kier molecular flexibility index (Phi) is 5.63. The summed E-state index contributed by atoms with van der Waals surface area (Å²) in [5.41, 5.74) is 0.820. The Bertz CT molecular complexity index is 349. The van der Waals surface area contributed by atoms with E-state index in [1.807, 2.05) is 0 Å². The molecule has 0 saturated carbocycles. The first kappa shape index (κ1) is 13.6. The van der Waals surface area contributed by atoms with Gasteiger partial charge in [0.2, 0.25) is 5.91 Å². The normalized spacial score (nSPS) is 10.6. The van der Waals surface area contributed by atoms with Crippen LogP contribution < -0.4 is 10.6 Å². The quantitative estimate of drug-likeness (QED) is 0.737. The van der Waals surface area contributed by atoms with Gasteiger partial charge in [-0.05, 0) is 17.7 Å². The molecule has 0 atom stereocenters. The zero-order chi connectivity index (χ0) is 12.7. The van der Waals surface area contributed by atoms with E-state index in [0.717, 1.165) is 12.1 Å². The average Bonchev–Trinajstić information content (AvgIpc) is 2.27. The molecule has 3 nitrogen and oxygen atoms in total. The zero-order valence-corrected chi connectivity index (χ0v) is 10.3. The Labute approximate surface area is 101 Å². The van der Waals surface area contributed by atoms with Crippen LogP contribution >= 0.6 is 0 Å². The third kappa shape index (κ3) is 6.02. The summed E-state index contributed by atoms with van der Waals surface area (Å²) in [6.07, 6.45) is 0.294. The molecule has 0 aliphatic rings. The summed E-state index contributed by atoms with van der Waals surface area (Å²) in [5, 5.41) is 6.01. The van der Waals surface area contributed by atoms with E-state index in [4.69, 9.17) is 0 Å². The monoisotopic (exact) mass is 238 g/mol. The highest BCUT2D eigenvalue weighted by atomic mass is 19.1. The molecule has 0 aromatic heterocycles. The third-order valence-corrected chi connectivity index (χ3v) is 2.28. The van der Waals surface area contributed by atoms with Gasteiger partial charge in [0, 0.05) is 19.1 Å². The Morgan fingerprint density at radius 2 is 1.88 bits per heavy atom. The van der Waals surface area contributed by atoms with E-state index in [9.17, 15) is 9.18 Å². The molecule has 0 saturated heterocycles. The van der Waals surface area contributed by atoms with Gasteiger partial charge in [0.05, 0.1) is 6.42 Å². The Balaban J connectivity index is 2.23. The number of amides is 1. The molecule has 0 spiro atoms. The maximum atomic E-state index is 12.6. The average molecular weight is 238 g/mol. The van der Waals surface area contributed by atoms with Crippen LogP contribution in [0.5, 0.6) is 0 Å². The van der Waals surface area contributed by atoms with Gasteiger partial charge in [0.15, 0.2) is 0 Å². The van der Waals surface area contributed by atoms with Crippen LogP contribution in [0, 0.1) is 5.82 Å². The fourth-order valence-electron chi connectivity index (χ4n) is 1.41. The van der Waals surface area contributed by atoms with Gasteiger partial charge in [0.25, 0.3) is 0 Å². The second-order valence-electron chi connectivity index (χ2n) is 4.26. The minimum Gasteiger partial charge on any atom is -0.355 e. The van der Waals surface area contributed by atoms with E-state index in [1.54, 1.807) is 12.1 Å². The van der Waals surface area contributed by atoms with Crippen molar-refractivity contribution in [1.82, 2.24) is 10.6 Å². The molecular weight excluding hydrogens is 219 g/mol. The zero-order valence-electron chi connectivity index (χ0n) is 10.3. The van der Waals surface area contributed by atoms with Gasteiger partial charge < -0.3 is 10.6 Å². The number of hydrogen-bond acceptors (Lipinski definition) is 2. The molecule has 0 aliphatic carbocycles. The largest absolute Gasteiger partial charge is 0.355 e. The summed E-state index contributed by atoms with van der Waals surface area (Å²) in [6, 6.07) is 6.40. The lowest BCUT2D eigenvalue weighted by Crippen LogP contribution is -2.35. The lowest BCUT2D eigenvalue weighted by atomic mass is 10.1. The second kappa shape index (κ2) is 7.01. The molecule has 0 fully saturated rings. The maximum absolute atomic E-state index is 12.6. The van der Waals surface area contributed by atoms with E-state index in [1.165, 1.54) is 12.1 Å². The molecule has 1 amide bonds. The van der Waals surface area contributed by atoms with Crippen molar-refractivity contribution >= 4 is 5.91 Å². The van der Waals surface area contributed by atoms with Crippen molar-refractivity contribution in [1.29, 1.82) is 0 Å². The molecule has 0 radical (unpaired) electrons. The minimum atomic E-state index is -0.282. The van der Waals surface area contributed by atoms with Gasteiger partial charge in [-0.15, -0.1) is 0 Å². The predicted molar refractivity (Wildman–Crippen MR) is 66.3 cm³/mol. The Morgan fingerprint density at radius 3 is 2.47 bits per heavy atom. The lowest BCUT2D eigenvalue weighted by molar-refractivity contribution is -0.120. The summed E-state index contributed by atoms with van der Waals surface area (Å²) in [4.78, 5) is 11.5. The maximum Gasteiger partial charge on any atom is 0.224 e. The van der Waals surface area contributed by atoms with Crippen LogP contribution in [-0.4, -0.2) is 25.0 Å². The number of nitrogens with one attached hydrogen (secondary N) is 2. The SMILES string of the molecule is CC(C)NCCNC(=O)Cc1ccc(F)cc1. The fourth-order valence-corrected chi connectivity index (χ4v) is 1.41. The fraction of sp³-hybridized carbons (Fsp3) is 0.462. The van der Waals surface area contributed by atoms with Crippen molar-refractivity contribution in [3.05, 3.63) is 35.6 Å². The smallest absolute Gasteiger partial charge is 0.224 e. The summed E-state index contributed by atoms with van der Waals surface area (Å²) in [6.45, 7) is 5.48. The molecule has 94 valence electrons.